The molecule has 2 aliphatic carbocycles. The van der Waals surface area contributed by atoms with E-state index in [0.29, 0.717) is 18.8 Å². The number of carbonyl (C=O) groups excluding carboxylic acids is 1. The summed E-state index contributed by atoms with van der Waals surface area (Å²) in [6.07, 6.45) is 10.6. The van der Waals surface area contributed by atoms with Crippen LogP contribution in [0.2, 0.25) is 0 Å². The highest BCUT2D eigenvalue weighted by Gasteiger charge is 2.31. The Morgan fingerprint density at radius 3 is 2.88 bits per heavy atom. The molecule has 0 aromatic carbocycles. The van der Waals surface area contributed by atoms with Gasteiger partial charge in [0, 0.05) is 19.1 Å². The number of allylic oxidation sites excluding steroid dienone is 1. The van der Waals surface area contributed by atoms with E-state index in [4.69, 9.17) is 5.11 Å². The fraction of sp³-hybridized carbons (Fsp3) is 0.786. The number of hydrogen-bond donors (Lipinski definition) is 2. The molecular weight excluding hydrogens is 214 g/mol. The molecule has 3 heteroatoms. The van der Waals surface area contributed by atoms with Gasteiger partial charge in [0.25, 0.3) is 0 Å². The molecule has 2 N–H and O–H groups in total. The average Bonchev–Trinajstić information content (AvgIpc) is 3.13. The standard InChI is InChI=1S/C14H23NO2/c16-9-8-13(12-6-7-12)15-14(17)10-11-4-2-1-3-5-11/h4,12-13,16H,1-3,5-10H2,(H,15,17). The van der Waals surface area contributed by atoms with Gasteiger partial charge >= 0.3 is 0 Å². The minimum atomic E-state index is 0.142. The number of aliphatic hydroxyl groups is 1. The van der Waals surface area contributed by atoms with E-state index in [-0.39, 0.29) is 18.6 Å². The predicted molar refractivity (Wildman–Crippen MR) is 67.5 cm³/mol. The molecule has 0 aromatic rings. The average molecular weight is 237 g/mol. The maximum Gasteiger partial charge on any atom is 0.224 e. The van der Waals surface area contributed by atoms with Crippen LogP contribution in [0.4, 0.5) is 0 Å². The van der Waals surface area contributed by atoms with Gasteiger partial charge in [-0.3, -0.25) is 4.79 Å². The normalized spacial score (nSPS) is 21.8. The van der Waals surface area contributed by atoms with Crippen LogP contribution in [0.5, 0.6) is 0 Å². The molecule has 1 atom stereocenters. The van der Waals surface area contributed by atoms with Gasteiger partial charge in [-0.1, -0.05) is 11.6 Å². The molecule has 0 heterocycles. The van der Waals surface area contributed by atoms with Crippen LogP contribution in [-0.2, 0) is 4.79 Å². The molecule has 1 saturated carbocycles. The van der Waals surface area contributed by atoms with Crippen LogP contribution < -0.4 is 5.32 Å². The molecule has 17 heavy (non-hydrogen) atoms. The molecule has 0 bridgehead atoms. The molecule has 0 aliphatic heterocycles. The van der Waals surface area contributed by atoms with E-state index in [2.05, 4.69) is 11.4 Å². The highest BCUT2D eigenvalue weighted by molar-refractivity contribution is 5.78. The highest BCUT2D eigenvalue weighted by atomic mass is 16.3. The van der Waals surface area contributed by atoms with E-state index in [1.54, 1.807) is 0 Å². The molecule has 0 saturated heterocycles. The van der Waals surface area contributed by atoms with Gasteiger partial charge in [0.2, 0.25) is 5.91 Å². The third-order valence-corrected chi connectivity index (χ3v) is 3.75. The van der Waals surface area contributed by atoms with Crippen molar-refractivity contribution in [2.45, 2.75) is 57.4 Å². The van der Waals surface area contributed by atoms with Crippen molar-refractivity contribution in [3.05, 3.63) is 11.6 Å². The van der Waals surface area contributed by atoms with E-state index in [1.807, 2.05) is 0 Å². The number of rotatable bonds is 6. The second-order valence-electron chi connectivity index (χ2n) is 5.31. The van der Waals surface area contributed by atoms with Crippen molar-refractivity contribution in [3.8, 4) is 0 Å². The van der Waals surface area contributed by atoms with Gasteiger partial charge < -0.3 is 10.4 Å². The Kier molecular flexibility index (Phi) is 4.60. The summed E-state index contributed by atoms with van der Waals surface area (Å²) in [6, 6.07) is 0.205. The third kappa shape index (κ3) is 4.15. The lowest BCUT2D eigenvalue weighted by atomic mass is 9.97. The summed E-state index contributed by atoms with van der Waals surface area (Å²) in [6.45, 7) is 0.171. The van der Waals surface area contributed by atoms with Crippen molar-refractivity contribution in [2.24, 2.45) is 5.92 Å². The van der Waals surface area contributed by atoms with Crippen molar-refractivity contribution in [1.29, 1.82) is 0 Å². The van der Waals surface area contributed by atoms with E-state index < -0.39 is 0 Å². The van der Waals surface area contributed by atoms with Crippen LogP contribution in [0.25, 0.3) is 0 Å². The Morgan fingerprint density at radius 2 is 2.29 bits per heavy atom. The van der Waals surface area contributed by atoms with Crippen molar-refractivity contribution >= 4 is 5.91 Å². The zero-order chi connectivity index (χ0) is 12.1. The molecule has 0 spiro atoms. The van der Waals surface area contributed by atoms with E-state index in [0.717, 1.165) is 12.8 Å². The van der Waals surface area contributed by atoms with Crippen LogP contribution >= 0.6 is 0 Å². The Balaban J connectivity index is 1.76. The lowest BCUT2D eigenvalue weighted by Gasteiger charge is -2.18. The molecule has 3 nitrogen and oxygen atoms in total. The van der Waals surface area contributed by atoms with Gasteiger partial charge in [-0.05, 0) is 50.9 Å². The number of nitrogens with one attached hydrogen (secondary N) is 1. The van der Waals surface area contributed by atoms with Gasteiger partial charge in [0.05, 0.1) is 0 Å². The highest BCUT2D eigenvalue weighted by Crippen LogP contribution is 2.34. The van der Waals surface area contributed by atoms with Crippen LogP contribution in [0, 0.1) is 5.92 Å². The largest absolute Gasteiger partial charge is 0.396 e. The minimum absolute atomic E-state index is 0.142. The first-order chi connectivity index (χ1) is 8.29. The van der Waals surface area contributed by atoms with Crippen LogP contribution in [0.1, 0.15) is 51.4 Å². The van der Waals surface area contributed by atoms with Gasteiger partial charge in [-0.2, -0.15) is 0 Å². The van der Waals surface area contributed by atoms with Gasteiger partial charge in [0.1, 0.15) is 0 Å². The lowest BCUT2D eigenvalue weighted by molar-refractivity contribution is -0.121. The zero-order valence-corrected chi connectivity index (χ0v) is 10.5. The summed E-state index contributed by atoms with van der Waals surface area (Å²) in [5.74, 6) is 0.759. The maximum absolute atomic E-state index is 11.9. The Morgan fingerprint density at radius 1 is 1.47 bits per heavy atom. The van der Waals surface area contributed by atoms with Gasteiger partial charge in [0.15, 0.2) is 0 Å². The molecule has 1 amide bonds. The molecule has 1 fully saturated rings. The van der Waals surface area contributed by atoms with Gasteiger partial charge in [-0.15, -0.1) is 0 Å². The van der Waals surface area contributed by atoms with Crippen molar-refractivity contribution < 1.29 is 9.90 Å². The molecule has 96 valence electrons. The van der Waals surface area contributed by atoms with Crippen molar-refractivity contribution in [3.63, 3.8) is 0 Å². The topological polar surface area (TPSA) is 49.3 Å². The summed E-state index contributed by atoms with van der Waals surface area (Å²) in [4.78, 5) is 11.9. The van der Waals surface area contributed by atoms with E-state index in [9.17, 15) is 4.79 Å². The van der Waals surface area contributed by atoms with E-state index >= 15 is 0 Å². The first kappa shape index (κ1) is 12.6. The summed E-state index contributed by atoms with van der Waals surface area (Å²) >= 11 is 0. The number of carbonyl (C=O) groups is 1. The summed E-state index contributed by atoms with van der Waals surface area (Å²) in [5, 5.41) is 12.1. The molecule has 0 aromatic heterocycles. The monoisotopic (exact) mass is 237 g/mol. The second kappa shape index (κ2) is 6.20. The fourth-order valence-electron chi connectivity index (χ4n) is 2.59. The molecule has 2 rings (SSSR count). The number of hydrogen-bond acceptors (Lipinski definition) is 2. The quantitative estimate of drug-likeness (QED) is 0.695. The van der Waals surface area contributed by atoms with Crippen LogP contribution in [-0.4, -0.2) is 23.7 Å². The van der Waals surface area contributed by atoms with Crippen LogP contribution in [0.15, 0.2) is 11.6 Å². The smallest absolute Gasteiger partial charge is 0.224 e. The fourth-order valence-corrected chi connectivity index (χ4v) is 2.59. The summed E-state index contributed by atoms with van der Waals surface area (Å²) < 4.78 is 0. The second-order valence-corrected chi connectivity index (χ2v) is 5.31. The Hall–Kier alpha value is -0.830. The summed E-state index contributed by atoms with van der Waals surface area (Å²) in [7, 11) is 0. The predicted octanol–water partition coefficient (Wildman–Crippen LogP) is 2.15. The summed E-state index contributed by atoms with van der Waals surface area (Å²) in [5.41, 5.74) is 1.30. The molecule has 2 aliphatic rings. The SMILES string of the molecule is O=C(CC1=CCCCC1)NC(CCO)C1CC1. The van der Waals surface area contributed by atoms with Crippen molar-refractivity contribution in [2.75, 3.05) is 6.61 Å². The zero-order valence-electron chi connectivity index (χ0n) is 10.5. The lowest BCUT2D eigenvalue weighted by Crippen LogP contribution is -2.37. The Labute approximate surface area is 103 Å². The molecule has 1 unspecified atom stereocenters. The maximum atomic E-state index is 11.9. The molecular formula is C14H23NO2. The van der Waals surface area contributed by atoms with E-state index in [1.165, 1.54) is 31.3 Å². The molecule has 0 radical (unpaired) electrons. The third-order valence-electron chi connectivity index (χ3n) is 3.75. The Bertz CT molecular complexity index is 295. The number of amides is 1. The first-order valence-corrected chi connectivity index (χ1v) is 6.87. The number of aliphatic hydroxyl groups excluding tert-OH is 1. The van der Waals surface area contributed by atoms with Crippen LogP contribution in [0.3, 0.4) is 0 Å². The van der Waals surface area contributed by atoms with Gasteiger partial charge in [-0.25, -0.2) is 0 Å². The first-order valence-electron chi connectivity index (χ1n) is 6.87. The minimum Gasteiger partial charge on any atom is -0.396 e. The van der Waals surface area contributed by atoms with Crippen molar-refractivity contribution in [1.82, 2.24) is 5.32 Å².